The lowest BCUT2D eigenvalue weighted by Crippen LogP contribution is -2.63. The van der Waals surface area contributed by atoms with E-state index in [-0.39, 0.29) is 34.7 Å². The Hall–Kier alpha value is -1.66. The van der Waals surface area contributed by atoms with Crippen LogP contribution < -0.4 is 0 Å². The van der Waals surface area contributed by atoms with Crippen molar-refractivity contribution in [3.8, 4) is 0 Å². The van der Waals surface area contributed by atoms with Gasteiger partial charge < -0.3 is 19.8 Å². The van der Waals surface area contributed by atoms with Gasteiger partial charge in [-0.15, -0.1) is 0 Å². The topological polar surface area (TPSA) is 87.1 Å². The van der Waals surface area contributed by atoms with E-state index in [0.717, 1.165) is 50.9 Å². The summed E-state index contributed by atoms with van der Waals surface area (Å²) in [6, 6.07) is 0. The number of ether oxygens (including phenoxy) is 1. The molecule has 8 fully saturated rings. The SMILES string of the molecule is CC12CCC(O)CC1=CC=C1C2CCC2(C)C1CCC2(O)CN(CC1CCC2CC1C2(C)C)C(=O)C12CCC(C)(C(=O)O1)C2(C)C. The minimum Gasteiger partial charge on any atom is -0.448 e. The first-order valence-corrected chi connectivity index (χ1v) is 18.8. The Morgan fingerprint density at radius 3 is 2.30 bits per heavy atom. The van der Waals surface area contributed by atoms with Gasteiger partial charge in [-0.25, -0.2) is 0 Å². The van der Waals surface area contributed by atoms with Gasteiger partial charge in [-0.1, -0.05) is 64.8 Å². The van der Waals surface area contributed by atoms with Crippen LogP contribution in [0, 0.1) is 56.7 Å². The van der Waals surface area contributed by atoms with Crippen molar-refractivity contribution in [1.29, 1.82) is 0 Å². The number of aliphatic hydroxyl groups excluding tert-OH is 1. The number of carbonyl (C=O) groups is 2. The van der Waals surface area contributed by atoms with Gasteiger partial charge >= 0.3 is 5.97 Å². The van der Waals surface area contributed by atoms with Crippen LogP contribution in [0.2, 0.25) is 0 Å². The number of hydrogen-bond donors (Lipinski definition) is 2. The molecule has 1 heterocycles. The van der Waals surface area contributed by atoms with E-state index in [0.29, 0.717) is 55.5 Å². The van der Waals surface area contributed by atoms with Gasteiger partial charge in [-0.3, -0.25) is 9.59 Å². The summed E-state index contributed by atoms with van der Waals surface area (Å²) < 4.78 is 6.20. The zero-order chi connectivity index (χ0) is 32.9. The quantitative estimate of drug-likeness (QED) is 0.319. The molecule has 0 aromatic heterocycles. The van der Waals surface area contributed by atoms with E-state index in [1.807, 2.05) is 11.8 Å². The second-order valence-corrected chi connectivity index (χ2v) is 19.4. The number of allylic oxidation sites excluding steroid dienone is 3. The molecule has 4 bridgehead atoms. The maximum Gasteiger partial charge on any atom is 0.313 e. The molecule has 1 aliphatic heterocycles. The summed E-state index contributed by atoms with van der Waals surface area (Å²) in [5.41, 5.74) is -0.485. The highest BCUT2D eigenvalue weighted by molar-refractivity contribution is 5.96. The van der Waals surface area contributed by atoms with E-state index in [9.17, 15) is 15.0 Å². The standard InChI is InChI=1S/C40H59NO5/c1-34(2)25-9-8-24(31(34)21-25)22-41(32(43)40-19-18-38(7,33(44)46-40)35(40,3)4)23-39(45)17-14-30-28-11-10-26-20-27(42)12-15-36(26,5)29(28)13-16-37(30,39)6/h10-11,24-25,27,29-31,42,45H,8-9,12-23H2,1-7H3. The largest absolute Gasteiger partial charge is 0.448 e. The second kappa shape index (κ2) is 9.52. The Morgan fingerprint density at radius 2 is 1.65 bits per heavy atom. The van der Waals surface area contributed by atoms with Crippen LogP contribution in [-0.4, -0.2) is 57.4 Å². The van der Waals surface area contributed by atoms with Gasteiger partial charge in [0.2, 0.25) is 0 Å². The molecule has 6 nitrogen and oxygen atoms in total. The first-order chi connectivity index (χ1) is 21.4. The van der Waals surface area contributed by atoms with Crippen molar-refractivity contribution < 1.29 is 24.5 Å². The van der Waals surface area contributed by atoms with Gasteiger partial charge in [0.05, 0.1) is 23.7 Å². The van der Waals surface area contributed by atoms with E-state index < -0.39 is 22.0 Å². The van der Waals surface area contributed by atoms with Crippen LogP contribution in [0.5, 0.6) is 0 Å². The summed E-state index contributed by atoms with van der Waals surface area (Å²) in [6.45, 7) is 16.6. The monoisotopic (exact) mass is 633 g/mol. The molecule has 9 rings (SSSR count). The molecule has 6 heteroatoms. The van der Waals surface area contributed by atoms with E-state index in [4.69, 9.17) is 4.74 Å². The second-order valence-electron chi connectivity index (χ2n) is 19.4. The molecule has 2 N–H and O–H groups in total. The normalized spacial score (nSPS) is 50.8. The van der Waals surface area contributed by atoms with E-state index in [1.165, 1.54) is 24.0 Å². The van der Waals surface area contributed by atoms with Gasteiger partial charge in [0.25, 0.3) is 5.91 Å². The molecule has 0 spiro atoms. The smallest absolute Gasteiger partial charge is 0.313 e. The summed E-state index contributed by atoms with van der Waals surface area (Å²) in [6.07, 6.45) is 15.5. The Balaban J connectivity index is 1.12. The van der Waals surface area contributed by atoms with Gasteiger partial charge in [0.15, 0.2) is 5.60 Å². The Bertz CT molecular complexity index is 1430. The fraction of sp³-hybridized carbons (Fsp3) is 0.850. The minimum absolute atomic E-state index is 0.0572. The van der Waals surface area contributed by atoms with Crippen LogP contribution in [0.1, 0.15) is 126 Å². The van der Waals surface area contributed by atoms with Crippen LogP contribution >= 0.6 is 0 Å². The predicted molar refractivity (Wildman–Crippen MR) is 177 cm³/mol. The van der Waals surface area contributed by atoms with Gasteiger partial charge in [-0.2, -0.15) is 0 Å². The molecule has 8 aliphatic carbocycles. The first kappa shape index (κ1) is 31.6. The molecule has 9 aliphatic rings. The fourth-order valence-corrected chi connectivity index (χ4v) is 13.3. The number of hydrogen-bond acceptors (Lipinski definition) is 5. The average Bonchev–Trinajstić information content (AvgIpc) is 3.45. The van der Waals surface area contributed by atoms with Crippen molar-refractivity contribution in [2.24, 2.45) is 56.7 Å². The molecule has 254 valence electrons. The Morgan fingerprint density at radius 1 is 0.913 bits per heavy atom. The van der Waals surface area contributed by atoms with Gasteiger partial charge in [0.1, 0.15) is 0 Å². The molecule has 0 aromatic rings. The van der Waals surface area contributed by atoms with E-state index >= 15 is 4.79 Å². The third kappa shape index (κ3) is 3.67. The van der Waals surface area contributed by atoms with Gasteiger partial charge in [0, 0.05) is 17.4 Å². The number of aliphatic hydroxyl groups is 2. The predicted octanol–water partition coefficient (Wildman–Crippen LogP) is 6.98. The number of amides is 1. The molecule has 1 saturated heterocycles. The zero-order valence-electron chi connectivity index (χ0n) is 29.6. The minimum atomic E-state index is -1.16. The highest BCUT2D eigenvalue weighted by Gasteiger charge is 2.76. The Kier molecular flexibility index (Phi) is 6.54. The maximum absolute atomic E-state index is 15.1. The first-order valence-electron chi connectivity index (χ1n) is 18.8. The number of nitrogens with zero attached hydrogens (tertiary/aromatic N) is 1. The maximum atomic E-state index is 15.1. The number of carbonyl (C=O) groups excluding carboxylic acids is 2. The van der Waals surface area contributed by atoms with Crippen molar-refractivity contribution in [2.75, 3.05) is 13.1 Å². The zero-order valence-corrected chi connectivity index (χ0v) is 29.6. The molecule has 46 heavy (non-hydrogen) atoms. The summed E-state index contributed by atoms with van der Waals surface area (Å²) in [4.78, 5) is 30.5. The average molecular weight is 634 g/mol. The summed E-state index contributed by atoms with van der Waals surface area (Å²) >= 11 is 0. The summed E-state index contributed by atoms with van der Waals surface area (Å²) in [5.74, 6) is 2.23. The fourth-order valence-electron chi connectivity index (χ4n) is 13.3. The molecule has 1 amide bonds. The molecule has 0 radical (unpaired) electrons. The number of rotatable bonds is 5. The van der Waals surface area contributed by atoms with Crippen molar-refractivity contribution >= 4 is 11.9 Å². The third-order valence-electron chi connectivity index (χ3n) is 17.5. The lowest BCUT2D eigenvalue weighted by Gasteiger charge is -2.61. The summed E-state index contributed by atoms with van der Waals surface area (Å²) in [5, 5.41) is 23.4. The molecule has 11 unspecified atom stereocenters. The molecular formula is C40H59NO5. The van der Waals surface area contributed by atoms with Crippen LogP contribution in [0.25, 0.3) is 0 Å². The Labute approximate surface area is 276 Å². The van der Waals surface area contributed by atoms with Crippen LogP contribution in [0.15, 0.2) is 23.3 Å². The van der Waals surface area contributed by atoms with Crippen molar-refractivity contribution in [3.63, 3.8) is 0 Å². The molecular weight excluding hydrogens is 574 g/mol. The third-order valence-corrected chi connectivity index (χ3v) is 17.5. The van der Waals surface area contributed by atoms with Crippen molar-refractivity contribution in [2.45, 2.75) is 143 Å². The van der Waals surface area contributed by atoms with Crippen LogP contribution in [0.3, 0.4) is 0 Å². The van der Waals surface area contributed by atoms with Crippen molar-refractivity contribution in [3.05, 3.63) is 23.3 Å². The molecule has 0 aromatic carbocycles. The van der Waals surface area contributed by atoms with E-state index in [1.54, 1.807) is 0 Å². The van der Waals surface area contributed by atoms with Crippen molar-refractivity contribution in [1.82, 2.24) is 4.90 Å². The number of fused-ring (bicyclic) bond motifs is 9. The van der Waals surface area contributed by atoms with Crippen LogP contribution in [-0.2, 0) is 14.3 Å². The van der Waals surface area contributed by atoms with Crippen LogP contribution in [0.4, 0.5) is 0 Å². The summed E-state index contributed by atoms with van der Waals surface area (Å²) in [7, 11) is 0. The lowest BCUT2D eigenvalue weighted by molar-refractivity contribution is -0.181. The van der Waals surface area contributed by atoms with Gasteiger partial charge in [-0.05, 0) is 124 Å². The molecule has 11 atom stereocenters. The molecule has 7 saturated carbocycles. The number of esters is 1. The highest BCUT2D eigenvalue weighted by Crippen LogP contribution is 2.68. The van der Waals surface area contributed by atoms with E-state index in [2.05, 4.69) is 53.7 Å². The lowest BCUT2D eigenvalue weighted by atomic mass is 9.45. The highest BCUT2D eigenvalue weighted by atomic mass is 16.6.